The SMILES string of the molecule is COc1cc(OCCCCN2CCCCC2)ccc1-c1n[nH]c2cc(Cl)ccc12. The lowest BCUT2D eigenvalue weighted by molar-refractivity contribution is 0.216. The van der Waals surface area contributed by atoms with E-state index in [0.29, 0.717) is 5.02 Å². The maximum Gasteiger partial charge on any atom is 0.132 e. The molecule has 0 amide bonds. The number of aromatic amines is 1. The van der Waals surface area contributed by atoms with Crippen LogP contribution < -0.4 is 9.47 Å². The predicted octanol–water partition coefficient (Wildman–Crippen LogP) is 5.54. The molecule has 154 valence electrons. The molecule has 0 unspecified atom stereocenters. The van der Waals surface area contributed by atoms with E-state index < -0.39 is 0 Å². The highest BCUT2D eigenvalue weighted by molar-refractivity contribution is 6.31. The number of hydrogen-bond donors (Lipinski definition) is 1. The monoisotopic (exact) mass is 413 g/mol. The first kappa shape index (κ1) is 20.0. The Bertz CT molecular complexity index is 950. The summed E-state index contributed by atoms with van der Waals surface area (Å²) in [5.74, 6) is 1.57. The standard InChI is InChI=1S/C23H28ClN3O2/c1-28-22-16-18(29-14-6-5-13-27-11-3-2-4-12-27)8-10-20(22)23-19-9-7-17(24)15-21(19)25-26-23/h7-10,15-16H,2-6,11-14H2,1H3,(H,25,26). The van der Waals surface area contributed by atoms with Crippen molar-refractivity contribution in [1.29, 1.82) is 0 Å². The first-order valence-electron chi connectivity index (χ1n) is 10.4. The van der Waals surface area contributed by atoms with Gasteiger partial charge in [-0.1, -0.05) is 18.0 Å². The molecule has 0 aliphatic carbocycles. The normalized spacial score (nSPS) is 15.0. The lowest BCUT2D eigenvalue weighted by Crippen LogP contribution is -2.30. The van der Waals surface area contributed by atoms with Gasteiger partial charge >= 0.3 is 0 Å². The summed E-state index contributed by atoms with van der Waals surface area (Å²) in [5.41, 5.74) is 2.68. The van der Waals surface area contributed by atoms with E-state index in [1.54, 1.807) is 7.11 Å². The molecule has 0 spiro atoms. The number of fused-ring (bicyclic) bond motifs is 1. The molecule has 6 heteroatoms. The number of nitrogens with zero attached hydrogens (tertiary/aromatic N) is 2. The van der Waals surface area contributed by atoms with Gasteiger partial charge in [-0.3, -0.25) is 5.10 Å². The van der Waals surface area contributed by atoms with Crippen LogP contribution in [0.15, 0.2) is 36.4 Å². The minimum atomic E-state index is 0.684. The van der Waals surface area contributed by atoms with E-state index in [9.17, 15) is 0 Å². The number of halogens is 1. The van der Waals surface area contributed by atoms with Crippen LogP contribution in [-0.4, -0.2) is 48.4 Å². The van der Waals surface area contributed by atoms with Crippen molar-refractivity contribution in [3.8, 4) is 22.8 Å². The van der Waals surface area contributed by atoms with E-state index in [1.165, 1.54) is 45.3 Å². The number of unbranched alkanes of at least 4 members (excludes halogenated alkanes) is 1. The van der Waals surface area contributed by atoms with Crippen molar-refractivity contribution in [2.75, 3.05) is 33.4 Å². The third-order valence-corrected chi connectivity index (χ3v) is 5.77. The minimum Gasteiger partial charge on any atom is -0.496 e. The van der Waals surface area contributed by atoms with Crippen molar-refractivity contribution in [1.82, 2.24) is 15.1 Å². The Labute approximate surface area is 177 Å². The smallest absolute Gasteiger partial charge is 0.132 e. The van der Waals surface area contributed by atoms with E-state index in [-0.39, 0.29) is 0 Å². The highest BCUT2D eigenvalue weighted by Crippen LogP contribution is 2.36. The van der Waals surface area contributed by atoms with Crippen LogP contribution in [0.4, 0.5) is 0 Å². The van der Waals surface area contributed by atoms with Crippen molar-refractivity contribution in [2.45, 2.75) is 32.1 Å². The average Bonchev–Trinajstić information content (AvgIpc) is 3.17. The van der Waals surface area contributed by atoms with Gasteiger partial charge in [-0.05, 0) is 75.6 Å². The molecule has 5 nitrogen and oxygen atoms in total. The highest BCUT2D eigenvalue weighted by atomic mass is 35.5. The van der Waals surface area contributed by atoms with Gasteiger partial charge in [0.05, 0.1) is 19.2 Å². The van der Waals surface area contributed by atoms with Crippen molar-refractivity contribution in [3.05, 3.63) is 41.4 Å². The van der Waals surface area contributed by atoms with Crippen molar-refractivity contribution >= 4 is 22.5 Å². The zero-order valence-electron chi connectivity index (χ0n) is 16.9. The number of benzene rings is 2. The number of ether oxygens (including phenoxy) is 2. The fourth-order valence-electron chi connectivity index (χ4n) is 3.96. The molecule has 0 saturated carbocycles. The van der Waals surface area contributed by atoms with Crippen molar-refractivity contribution in [2.24, 2.45) is 0 Å². The van der Waals surface area contributed by atoms with Gasteiger partial charge in [-0.25, -0.2) is 0 Å². The second-order valence-electron chi connectivity index (χ2n) is 7.58. The Balaban J connectivity index is 1.37. The summed E-state index contributed by atoms with van der Waals surface area (Å²) in [5, 5.41) is 9.21. The Morgan fingerprint density at radius 2 is 1.93 bits per heavy atom. The van der Waals surface area contributed by atoms with E-state index in [4.69, 9.17) is 21.1 Å². The second kappa shape index (κ2) is 9.51. The van der Waals surface area contributed by atoms with Crippen LogP contribution in [0.1, 0.15) is 32.1 Å². The zero-order valence-corrected chi connectivity index (χ0v) is 17.7. The van der Waals surface area contributed by atoms with Crippen LogP contribution >= 0.6 is 11.6 Å². The molecule has 1 N–H and O–H groups in total. The first-order chi connectivity index (χ1) is 14.2. The van der Waals surface area contributed by atoms with Crippen LogP contribution in [0.25, 0.3) is 22.2 Å². The molecule has 2 heterocycles. The Morgan fingerprint density at radius 3 is 2.76 bits per heavy atom. The predicted molar refractivity (Wildman–Crippen MR) is 118 cm³/mol. The molecule has 4 rings (SSSR count). The van der Waals surface area contributed by atoms with Gasteiger partial charge < -0.3 is 14.4 Å². The largest absolute Gasteiger partial charge is 0.496 e. The molecular weight excluding hydrogens is 386 g/mol. The lowest BCUT2D eigenvalue weighted by atomic mass is 10.1. The topological polar surface area (TPSA) is 50.4 Å². The van der Waals surface area contributed by atoms with Gasteiger partial charge in [0.2, 0.25) is 0 Å². The molecular formula is C23H28ClN3O2. The van der Waals surface area contributed by atoms with Gasteiger partial charge in [-0.15, -0.1) is 0 Å². The molecule has 0 atom stereocenters. The van der Waals surface area contributed by atoms with E-state index in [2.05, 4.69) is 15.1 Å². The number of nitrogens with one attached hydrogen (secondary N) is 1. The number of methoxy groups -OCH3 is 1. The summed E-state index contributed by atoms with van der Waals surface area (Å²) in [7, 11) is 1.67. The van der Waals surface area contributed by atoms with E-state index in [0.717, 1.165) is 46.7 Å². The van der Waals surface area contributed by atoms with E-state index in [1.807, 2.05) is 36.4 Å². The fraction of sp³-hybridized carbons (Fsp3) is 0.435. The Kier molecular flexibility index (Phi) is 6.57. The van der Waals surface area contributed by atoms with Crippen LogP contribution in [-0.2, 0) is 0 Å². The van der Waals surface area contributed by atoms with Gasteiger partial charge in [-0.2, -0.15) is 5.10 Å². The molecule has 29 heavy (non-hydrogen) atoms. The molecule has 1 fully saturated rings. The number of hydrogen-bond acceptors (Lipinski definition) is 4. The summed E-state index contributed by atoms with van der Waals surface area (Å²) in [4.78, 5) is 2.57. The quantitative estimate of drug-likeness (QED) is 0.493. The number of piperidine rings is 1. The number of H-pyrrole nitrogens is 1. The molecule has 0 bridgehead atoms. The maximum atomic E-state index is 6.08. The number of aromatic nitrogens is 2. The van der Waals surface area contributed by atoms with Crippen LogP contribution in [0.2, 0.25) is 5.02 Å². The zero-order chi connectivity index (χ0) is 20.1. The summed E-state index contributed by atoms with van der Waals surface area (Å²) >= 11 is 6.08. The van der Waals surface area contributed by atoms with Gasteiger partial charge in [0.1, 0.15) is 17.2 Å². The summed E-state index contributed by atoms with van der Waals surface area (Å²) < 4.78 is 11.6. The fourth-order valence-corrected chi connectivity index (χ4v) is 4.14. The summed E-state index contributed by atoms with van der Waals surface area (Å²) in [6, 6.07) is 11.7. The Morgan fingerprint density at radius 1 is 1.07 bits per heavy atom. The summed E-state index contributed by atoms with van der Waals surface area (Å²) in [6.07, 6.45) is 6.32. The molecule has 3 aromatic rings. The molecule has 1 aromatic heterocycles. The highest BCUT2D eigenvalue weighted by Gasteiger charge is 2.14. The maximum absolute atomic E-state index is 6.08. The second-order valence-corrected chi connectivity index (χ2v) is 8.02. The van der Waals surface area contributed by atoms with Crippen molar-refractivity contribution in [3.63, 3.8) is 0 Å². The summed E-state index contributed by atoms with van der Waals surface area (Å²) in [6.45, 7) is 4.42. The Hall–Kier alpha value is -2.24. The molecule has 0 radical (unpaired) electrons. The third-order valence-electron chi connectivity index (χ3n) is 5.54. The number of likely N-dealkylation sites (tertiary alicyclic amines) is 1. The van der Waals surface area contributed by atoms with Crippen LogP contribution in [0.3, 0.4) is 0 Å². The molecule has 1 saturated heterocycles. The van der Waals surface area contributed by atoms with Gasteiger partial charge in [0, 0.05) is 22.0 Å². The van der Waals surface area contributed by atoms with E-state index >= 15 is 0 Å². The van der Waals surface area contributed by atoms with Crippen LogP contribution in [0, 0.1) is 0 Å². The van der Waals surface area contributed by atoms with Crippen LogP contribution in [0.5, 0.6) is 11.5 Å². The molecule has 1 aliphatic rings. The number of rotatable bonds is 8. The first-order valence-corrected chi connectivity index (χ1v) is 10.8. The van der Waals surface area contributed by atoms with Gasteiger partial charge in [0.15, 0.2) is 0 Å². The molecule has 1 aliphatic heterocycles. The minimum absolute atomic E-state index is 0.684. The average molecular weight is 414 g/mol. The molecule has 2 aromatic carbocycles. The van der Waals surface area contributed by atoms with Crippen molar-refractivity contribution < 1.29 is 9.47 Å². The third kappa shape index (κ3) is 4.85. The van der Waals surface area contributed by atoms with Gasteiger partial charge in [0.25, 0.3) is 0 Å². The lowest BCUT2D eigenvalue weighted by Gasteiger charge is -2.26.